The van der Waals surface area contributed by atoms with Gasteiger partial charge in [-0.1, -0.05) is 111 Å². The van der Waals surface area contributed by atoms with E-state index in [1.54, 1.807) is 57.1 Å². The number of ketones is 1. The number of hydrogen-bond donors (Lipinski definition) is 7. The Morgan fingerprint density at radius 3 is 1.43 bits per heavy atom. The van der Waals surface area contributed by atoms with Gasteiger partial charge in [0.15, 0.2) is 5.78 Å². The van der Waals surface area contributed by atoms with E-state index in [1.807, 2.05) is 60.7 Å². The SMILES string of the molecule is CN[C@@H](C)C(=O)N[C@H](C(=O)N1C[C@@H](CC(=O)c2ccc(C(=O)N[C@H]3C[C@@H](C(=O)NCc4ccccc4)N(C(=O)[C@@H](NC(=O)[C@H](C)NC)C4CCCCC4)C3)cc2)C[C@H]1C(=O)NCc1ccccc1)C1CCCCC1. The average Bonchev–Trinajstić information content (AvgIpc) is 4.07. The third kappa shape index (κ3) is 14.4. The highest BCUT2D eigenvalue weighted by molar-refractivity contribution is 6.00. The van der Waals surface area contributed by atoms with Gasteiger partial charge in [-0.15, -0.1) is 0 Å². The van der Waals surface area contributed by atoms with Crippen LogP contribution in [0.4, 0.5) is 0 Å². The summed E-state index contributed by atoms with van der Waals surface area (Å²) in [7, 11) is 3.36. The predicted octanol–water partition coefficient (Wildman–Crippen LogP) is 4.15. The number of nitrogens with one attached hydrogen (secondary N) is 7. The van der Waals surface area contributed by atoms with Gasteiger partial charge in [0.05, 0.1) is 12.1 Å². The van der Waals surface area contributed by atoms with Gasteiger partial charge < -0.3 is 47.0 Å². The summed E-state index contributed by atoms with van der Waals surface area (Å²) in [6, 6.07) is 20.2. The topological polar surface area (TPSA) is 227 Å². The van der Waals surface area contributed by atoms with E-state index >= 15 is 0 Å². The molecule has 0 bridgehead atoms. The first-order chi connectivity index (χ1) is 35.7. The van der Waals surface area contributed by atoms with Gasteiger partial charge in [-0.3, -0.25) is 38.4 Å². The first-order valence-corrected chi connectivity index (χ1v) is 26.9. The van der Waals surface area contributed by atoms with E-state index in [0.29, 0.717) is 5.56 Å². The summed E-state index contributed by atoms with van der Waals surface area (Å²) in [6.07, 6.45) is 9.42. The van der Waals surface area contributed by atoms with Gasteiger partial charge in [-0.2, -0.15) is 0 Å². The number of nitrogens with zero attached hydrogens (tertiary/aromatic N) is 2. The summed E-state index contributed by atoms with van der Waals surface area (Å²) in [5.41, 5.74) is 2.44. The first kappa shape index (κ1) is 55.3. The van der Waals surface area contributed by atoms with Crippen LogP contribution in [0, 0.1) is 17.8 Å². The minimum atomic E-state index is -0.906. The largest absolute Gasteiger partial charge is 0.350 e. The predicted molar refractivity (Wildman–Crippen MR) is 281 cm³/mol. The van der Waals surface area contributed by atoms with Crippen molar-refractivity contribution in [2.45, 2.75) is 153 Å². The minimum Gasteiger partial charge on any atom is -0.350 e. The van der Waals surface area contributed by atoms with Crippen molar-refractivity contribution in [3.63, 3.8) is 0 Å². The summed E-state index contributed by atoms with van der Waals surface area (Å²) in [5, 5.41) is 21.0. The Morgan fingerprint density at radius 2 is 0.973 bits per heavy atom. The Balaban J connectivity index is 1.03. The maximum Gasteiger partial charge on any atom is 0.251 e. The van der Waals surface area contributed by atoms with E-state index < -0.39 is 48.2 Å². The summed E-state index contributed by atoms with van der Waals surface area (Å²) in [5.74, 6) is -3.14. The minimum absolute atomic E-state index is 0.0465. The van der Waals surface area contributed by atoms with E-state index in [0.717, 1.165) is 75.3 Å². The average molecular weight is 1020 g/mol. The number of carbonyl (C=O) groups excluding carboxylic acids is 8. The van der Waals surface area contributed by atoms with Crippen molar-refractivity contribution in [2.75, 3.05) is 27.2 Å². The molecule has 74 heavy (non-hydrogen) atoms. The lowest BCUT2D eigenvalue weighted by atomic mass is 9.83. The molecule has 7 N–H and O–H groups in total. The van der Waals surface area contributed by atoms with Crippen LogP contribution in [0.2, 0.25) is 0 Å². The fourth-order valence-electron chi connectivity index (χ4n) is 11.1. The van der Waals surface area contributed by atoms with Gasteiger partial charge in [-0.05, 0) is 107 Å². The van der Waals surface area contributed by atoms with Crippen LogP contribution in [-0.2, 0) is 41.9 Å². The van der Waals surface area contributed by atoms with Crippen LogP contribution < -0.4 is 37.2 Å². The molecular formula is C57H77N9O8. The summed E-state index contributed by atoms with van der Waals surface area (Å²) in [6.45, 7) is 4.19. The molecule has 0 aromatic heterocycles. The second-order valence-corrected chi connectivity index (χ2v) is 20.9. The fourth-order valence-corrected chi connectivity index (χ4v) is 11.1. The molecule has 2 saturated carbocycles. The molecule has 0 unspecified atom stereocenters. The summed E-state index contributed by atoms with van der Waals surface area (Å²) >= 11 is 0. The molecule has 2 saturated heterocycles. The smallest absolute Gasteiger partial charge is 0.251 e. The first-order valence-electron chi connectivity index (χ1n) is 26.9. The van der Waals surface area contributed by atoms with Crippen molar-refractivity contribution in [3.05, 3.63) is 107 Å². The van der Waals surface area contributed by atoms with Crippen molar-refractivity contribution in [3.8, 4) is 0 Å². The Bertz CT molecular complexity index is 2240. The number of carbonyl (C=O) groups is 8. The lowest BCUT2D eigenvalue weighted by molar-refractivity contribution is -0.143. The van der Waals surface area contributed by atoms with Gasteiger partial charge in [0.2, 0.25) is 35.4 Å². The number of likely N-dealkylation sites (N-methyl/N-ethyl adjacent to an activating group) is 2. The molecule has 17 heteroatoms. The monoisotopic (exact) mass is 1020 g/mol. The van der Waals surface area contributed by atoms with Gasteiger partial charge >= 0.3 is 0 Å². The molecule has 8 atom stereocenters. The van der Waals surface area contributed by atoms with Crippen LogP contribution in [-0.4, -0.2) is 126 Å². The van der Waals surface area contributed by atoms with Gasteiger partial charge in [0, 0.05) is 49.8 Å². The molecule has 0 radical (unpaired) electrons. The Labute approximate surface area is 435 Å². The number of benzene rings is 3. The van der Waals surface area contributed by atoms with E-state index in [9.17, 15) is 38.4 Å². The maximum atomic E-state index is 14.7. The van der Waals surface area contributed by atoms with Crippen molar-refractivity contribution >= 4 is 47.1 Å². The zero-order valence-electron chi connectivity index (χ0n) is 43.5. The molecule has 7 rings (SSSR count). The third-order valence-corrected chi connectivity index (χ3v) is 15.8. The summed E-state index contributed by atoms with van der Waals surface area (Å²) in [4.78, 5) is 115. The fraction of sp³-hybridized carbons (Fsp3) is 0.544. The van der Waals surface area contributed by atoms with Crippen LogP contribution in [0.3, 0.4) is 0 Å². The molecule has 2 aliphatic carbocycles. The van der Waals surface area contributed by atoms with Crippen molar-refractivity contribution < 1.29 is 38.4 Å². The normalized spacial score (nSPS) is 21.9. The molecule has 398 valence electrons. The molecule has 17 nitrogen and oxygen atoms in total. The summed E-state index contributed by atoms with van der Waals surface area (Å²) < 4.78 is 0. The molecular weight excluding hydrogens is 939 g/mol. The second-order valence-electron chi connectivity index (χ2n) is 20.9. The highest BCUT2D eigenvalue weighted by Gasteiger charge is 2.46. The quantitative estimate of drug-likeness (QED) is 0.0755. The number of rotatable bonds is 21. The van der Waals surface area contributed by atoms with Crippen LogP contribution in [0.25, 0.3) is 0 Å². The molecule has 2 aliphatic heterocycles. The number of Topliss-reactive ketones (excluding diaryl/α,β-unsaturated/α-hetero) is 1. The number of likely N-dealkylation sites (tertiary alicyclic amines) is 2. The van der Waals surface area contributed by atoms with E-state index in [4.69, 9.17) is 0 Å². The number of hydrogen-bond acceptors (Lipinski definition) is 10. The molecule has 2 heterocycles. The van der Waals surface area contributed by atoms with Gasteiger partial charge in [-0.25, -0.2) is 0 Å². The zero-order chi connectivity index (χ0) is 52.7. The Morgan fingerprint density at radius 1 is 0.541 bits per heavy atom. The van der Waals surface area contributed by atoms with Crippen molar-refractivity contribution in [1.29, 1.82) is 0 Å². The zero-order valence-corrected chi connectivity index (χ0v) is 43.5. The number of amides is 7. The van der Waals surface area contributed by atoms with E-state index in [1.165, 1.54) is 4.90 Å². The van der Waals surface area contributed by atoms with E-state index in [2.05, 4.69) is 37.2 Å². The van der Waals surface area contributed by atoms with E-state index in [-0.39, 0.29) is 110 Å². The lowest BCUT2D eigenvalue weighted by Crippen LogP contribution is -2.58. The van der Waals surface area contributed by atoms with Crippen molar-refractivity contribution in [2.24, 2.45) is 17.8 Å². The highest BCUT2D eigenvalue weighted by atomic mass is 16.2. The maximum absolute atomic E-state index is 14.7. The Kier molecular flexibility index (Phi) is 19.9. The van der Waals surface area contributed by atoms with Crippen LogP contribution in [0.5, 0.6) is 0 Å². The molecule has 4 fully saturated rings. The van der Waals surface area contributed by atoms with Crippen LogP contribution >= 0.6 is 0 Å². The molecule has 3 aromatic rings. The second kappa shape index (κ2) is 26.7. The van der Waals surface area contributed by atoms with Crippen molar-refractivity contribution in [1.82, 2.24) is 47.0 Å². The Hall–Kier alpha value is -6.46. The van der Waals surface area contributed by atoms with Crippen LogP contribution in [0.1, 0.15) is 129 Å². The standard InChI is InChI=1S/C57H77N9O8/c1-36(58-3)51(68)63-49(42-21-13-7-14-22-42)56(73)65-34-40(29-46(65)54(71)60-32-38-17-9-5-10-18-38)30-48(67)41-25-27-44(28-26-41)53(70)62-45-31-47(55(72)61-33-39-19-11-6-12-20-39)66(35-45)57(74)50(43-23-15-8-16-24-43)64-52(69)37(2)59-4/h5-6,9-12,17-20,25-28,36-37,40,42-43,45-47,49-50,58-59H,7-8,13-16,21-24,29-35H2,1-4H3,(H,60,71)(H,61,72)(H,62,70)(H,63,68)(H,64,69)/t36-,37-,40+,45-,46-,47-,49-,50-/m0/s1. The molecule has 4 aliphatic rings. The molecule has 0 spiro atoms. The van der Waals surface area contributed by atoms with Crippen LogP contribution in [0.15, 0.2) is 84.9 Å². The third-order valence-electron chi connectivity index (χ3n) is 15.8. The van der Waals surface area contributed by atoms with Gasteiger partial charge in [0.25, 0.3) is 5.91 Å². The highest BCUT2D eigenvalue weighted by Crippen LogP contribution is 2.33. The lowest BCUT2D eigenvalue weighted by Gasteiger charge is -2.35. The molecule has 3 aromatic carbocycles. The molecule has 7 amide bonds. The van der Waals surface area contributed by atoms with Gasteiger partial charge in [0.1, 0.15) is 24.2 Å².